The van der Waals surface area contributed by atoms with Gasteiger partial charge in [0.2, 0.25) is 5.75 Å². The number of hydrogen-bond acceptors (Lipinski definition) is 8. The predicted molar refractivity (Wildman–Crippen MR) is 156 cm³/mol. The number of thioether (sulfide) groups is 1. The number of ether oxygens (including phenoxy) is 3. The van der Waals surface area contributed by atoms with Crippen molar-refractivity contribution in [2.24, 2.45) is 0 Å². The molecule has 0 aliphatic carbocycles. The van der Waals surface area contributed by atoms with Gasteiger partial charge in [-0.3, -0.25) is 9.59 Å². The molecule has 0 spiro atoms. The summed E-state index contributed by atoms with van der Waals surface area (Å²) in [5, 5.41) is 2.59. The van der Waals surface area contributed by atoms with Gasteiger partial charge in [0.15, 0.2) is 11.4 Å². The molecule has 1 N–H and O–H groups in total. The number of allylic oxidation sites excluding steroid dienone is 1. The number of rotatable bonds is 11. The Balaban J connectivity index is 1.83. The molecular formula is C31H34N2O6S. The summed E-state index contributed by atoms with van der Waals surface area (Å²) in [5.41, 5.74) is 4.59. The first-order valence-electron chi connectivity index (χ1n) is 12.7. The zero-order chi connectivity index (χ0) is 29.2. The Bertz CT molecular complexity index is 1340. The number of nitrogens with zero attached hydrogens (tertiary/aromatic N) is 1. The molecule has 0 aliphatic rings. The highest BCUT2D eigenvalue weighted by molar-refractivity contribution is 7.98. The van der Waals surface area contributed by atoms with Gasteiger partial charge >= 0.3 is 11.9 Å². The van der Waals surface area contributed by atoms with Crippen LogP contribution in [0.3, 0.4) is 0 Å². The van der Waals surface area contributed by atoms with E-state index < -0.39 is 23.9 Å². The third kappa shape index (κ3) is 7.95. The van der Waals surface area contributed by atoms with Crippen LogP contribution in [0, 0.1) is 13.8 Å². The van der Waals surface area contributed by atoms with E-state index in [2.05, 4.69) is 10.3 Å². The van der Waals surface area contributed by atoms with Gasteiger partial charge in [-0.25, -0.2) is 9.78 Å². The molecule has 0 saturated carbocycles. The van der Waals surface area contributed by atoms with E-state index in [0.29, 0.717) is 11.5 Å². The number of methoxy groups -OCH3 is 1. The predicted octanol–water partition coefficient (Wildman–Crippen LogP) is 5.51. The van der Waals surface area contributed by atoms with E-state index in [1.54, 1.807) is 6.92 Å². The normalized spacial score (nSPS) is 11.2. The highest BCUT2D eigenvalue weighted by Crippen LogP contribution is 2.31. The van der Waals surface area contributed by atoms with Gasteiger partial charge < -0.3 is 19.5 Å². The zero-order valence-electron chi connectivity index (χ0n) is 23.6. The standard InChI is InChI=1S/C31H34N2O6S/c1-19-7-11-23(12-8-19)27(24-13-9-20(2)10-14-24)22(4)38-31(36)21(3)33-30(35)28-29(25(37-5)15-17-32-28)39-26(34)16-18-40-6/h7-15,17,21H,16,18H2,1-6H3,(H,33,35)/t21-/m0/s1. The smallest absolute Gasteiger partial charge is 0.333 e. The van der Waals surface area contributed by atoms with E-state index in [9.17, 15) is 14.4 Å². The fourth-order valence-corrected chi connectivity index (χ4v) is 4.20. The van der Waals surface area contributed by atoms with Crippen LogP contribution in [-0.4, -0.2) is 48.0 Å². The number of carbonyl (C=O) groups excluding carboxylic acids is 3. The Kier molecular flexibility index (Phi) is 10.9. The molecule has 9 heteroatoms. The number of esters is 2. The highest BCUT2D eigenvalue weighted by Gasteiger charge is 2.26. The van der Waals surface area contributed by atoms with Crippen LogP contribution in [0.1, 0.15) is 53.0 Å². The van der Waals surface area contributed by atoms with Crippen molar-refractivity contribution in [2.45, 2.75) is 40.2 Å². The maximum atomic E-state index is 13.1. The van der Waals surface area contributed by atoms with E-state index >= 15 is 0 Å². The van der Waals surface area contributed by atoms with Crippen LogP contribution in [0.4, 0.5) is 0 Å². The minimum Gasteiger partial charge on any atom is -0.493 e. The Labute approximate surface area is 239 Å². The number of benzene rings is 2. The molecule has 210 valence electrons. The molecule has 0 fully saturated rings. The summed E-state index contributed by atoms with van der Waals surface area (Å²) in [6.07, 6.45) is 3.38. The van der Waals surface area contributed by atoms with Crippen LogP contribution in [0.25, 0.3) is 5.57 Å². The molecule has 1 atom stereocenters. The minimum atomic E-state index is -1.03. The fourth-order valence-electron chi connectivity index (χ4n) is 3.83. The first-order chi connectivity index (χ1) is 19.1. The fraction of sp³-hybridized carbons (Fsp3) is 0.290. The Morgan fingerprint density at radius 1 is 0.950 bits per heavy atom. The molecular weight excluding hydrogens is 528 g/mol. The van der Waals surface area contributed by atoms with Crippen molar-refractivity contribution >= 4 is 35.2 Å². The average molecular weight is 563 g/mol. The molecule has 1 heterocycles. The van der Waals surface area contributed by atoms with Gasteiger partial charge in [0.05, 0.1) is 13.5 Å². The molecule has 1 amide bonds. The lowest BCUT2D eigenvalue weighted by Gasteiger charge is -2.18. The van der Waals surface area contributed by atoms with Crippen LogP contribution in [0.2, 0.25) is 0 Å². The summed E-state index contributed by atoms with van der Waals surface area (Å²) < 4.78 is 16.4. The van der Waals surface area contributed by atoms with Gasteiger partial charge in [0.1, 0.15) is 11.8 Å². The molecule has 2 aromatic carbocycles. The first kappa shape index (κ1) is 30.4. The third-order valence-electron chi connectivity index (χ3n) is 6.02. The number of aromatic nitrogens is 1. The lowest BCUT2D eigenvalue weighted by Crippen LogP contribution is -2.40. The van der Waals surface area contributed by atoms with Gasteiger partial charge in [-0.05, 0) is 45.1 Å². The highest BCUT2D eigenvalue weighted by atomic mass is 32.2. The van der Waals surface area contributed by atoms with E-state index in [4.69, 9.17) is 14.2 Å². The monoisotopic (exact) mass is 562 g/mol. The maximum absolute atomic E-state index is 13.1. The van der Waals surface area contributed by atoms with Crippen molar-refractivity contribution in [3.63, 3.8) is 0 Å². The SMILES string of the molecule is COc1ccnc(C(=O)N[C@@H](C)C(=O)OC(C)=C(c2ccc(C)cc2)c2ccc(C)cc2)c1OC(=O)CCSC. The number of pyridine rings is 1. The third-order valence-corrected chi connectivity index (χ3v) is 6.63. The first-order valence-corrected chi connectivity index (χ1v) is 14.1. The topological polar surface area (TPSA) is 104 Å². The molecule has 3 rings (SSSR count). The molecule has 0 radical (unpaired) electrons. The van der Waals surface area contributed by atoms with Crippen LogP contribution in [0.5, 0.6) is 11.5 Å². The summed E-state index contributed by atoms with van der Waals surface area (Å²) in [7, 11) is 1.39. The van der Waals surface area contributed by atoms with Crippen molar-refractivity contribution in [3.05, 3.63) is 94.5 Å². The van der Waals surface area contributed by atoms with Gasteiger partial charge in [0, 0.05) is 23.6 Å². The lowest BCUT2D eigenvalue weighted by molar-refractivity contribution is -0.141. The van der Waals surface area contributed by atoms with Crippen LogP contribution >= 0.6 is 11.8 Å². The van der Waals surface area contributed by atoms with Crippen molar-refractivity contribution in [2.75, 3.05) is 19.1 Å². The number of carbonyl (C=O) groups is 3. The summed E-state index contributed by atoms with van der Waals surface area (Å²) in [5.74, 6) is -0.881. The van der Waals surface area contributed by atoms with Crippen molar-refractivity contribution in [1.82, 2.24) is 10.3 Å². The molecule has 3 aromatic rings. The second-order valence-corrected chi connectivity index (χ2v) is 10.2. The van der Waals surface area contributed by atoms with Gasteiger partial charge in [-0.15, -0.1) is 0 Å². The molecule has 0 unspecified atom stereocenters. The summed E-state index contributed by atoms with van der Waals surface area (Å²) >= 11 is 1.50. The summed E-state index contributed by atoms with van der Waals surface area (Å²) in [6, 6.07) is 16.3. The number of amides is 1. The zero-order valence-corrected chi connectivity index (χ0v) is 24.4. The van der Waals surface area contributed by atoms with Crippen LogP contribution in [0.15, 0.2) is 66.6 Å². The van der Waals surface area contributed by atoms with Gasteiger partial charge in [0.25, 0.3) is 5.91 Å². The van der Waals surface area contributed by atoms with Crippen molar-refractivity contribution < 1.29 is 28.6 Å². The molecule has 40 heavy (non-hydrogen) atoms. The maximum Gasteiger partial charge on any atom is 0.333 e. The molecule has 0 saturated heterocycles. The van der Waals surface area contributed by atoms with Crippen molar-refractivity contribution in [1.29, 1.82) is 0 Å². The average Bonchev–Trinajstić information content (AvgIpc) is 2.94. The Morgan fingerprint density at radius 2 is 1.52 bits per heavy atom. The summed E-state index contributed by atoms with van der Waals surface area (Å²) in [4.78, 5) is 42.6. The Hall–Kier alpha value is -4.11. The second-order valence-electron chi connectivity index (χ2n) is 9.19. The Morgan fingerprint density at radius 3 is 2.05 bits per heavy atom. The largest absolute Gasteiger partial charge is 0.493 e. The number of aryl methyl sites for hydroxylation is 2. The minimum absolute atomic E-state index is 0.105. The van der Waals surface area contributed by atoms with E-state index in [1.165, 1.54) is 38.1 Å². The van der Waals surface area contributed by atoms with Gasteiger partial charge in [-0.1, -0.05) is 59.7 Å². The van der Waals surface area contributed by atoms with Gasteiger partial charge in [-0.2, -0.15) is 11.8 Å². The van der Waals surface area contributed by atoms with E-state index in [-0.39, 0.29) is 23.6 Å². The molecule has 0 bridgehead atoms. The summed E-state index contributed by atoms with van der Waals surface area (Å²) in [6.45, 7) is 7.24. The van der Waals surface area contributed by atoms with Crippen LogP contribution in [-0.2, 0) is 14.3 Å². The number of hydrogen-bond donors (Lipinski definition) is 1. The molecule has 0 aliphatic heterocycles. The van der Waals surface area contributed by atoms with E-state index in [0.717, 1.165) is 27.8 Å². The second kappa shape index (κ2) is 14.3. The van der Waals surface area contributed by atoms with Crippen molar-refractivity contribution in [3.8, 4) is 11.5 Å². The molecule has 1 aromatic heterocycles. The number of nitrogens with one attached hydrogen (secondary N) is 1. The van der Waals surface area contributed by atoms with E-state index in [1.807, 2.05) is 68.6 Å². The molecule has 8 nitrogen and oxygen atoms in total. The lowest BCUT2D eigenvalue weighted by atomic mass is 9.95. The quantitative estimate of drug-likeness (QED) is 0.241. The van der Waals surface area contributed by atoms with Crippen LogP contribution < -0.4 is 14.8 Å².